The Balaban J connectivity index is 2.30. The highest BCUT2D eigenvalue weighted by Crippen LogP contribution is 2.47. The highest BCUT2D eigenvalue weighted by Gasteiger charge is 2.47. The zero-order chi connectivity index (χ0) is 24.9. The maximum absolute atomic E-state index is 13.4. The number of rotatable bonds is 9. The van der Waals surface area contributed by atoms with Gasteiger partial charge in [-0.1, -0.05) is 78.1 Å². The number of carbonyl (C=O) groups excluding carboxylic acids is 1. The van der Waals surface area contributed by atoms with E-state index in [0.717, 1.165) is 64.2 Å². The van der Waals surface area contributed by atoms with Gasteiger partial charge in [-0.05, 0) is 24.7 Å². The third-order valence-corrected chi connectivity index (χ3v) is 7.59. The van der Waals surface area contributed by atoms with E-state index in [-0.39, 0.29) is 24.7 Å². The second-order valence-electron chi connectivity index (χ2n) is 11.0. The van der Waals surface area contributed by atoms with Gasteiger partial charge in [-0.25, -0.2) is 0 Å². The summed E-state index contributed by atoms with van der Waals surface area (Å²) in [5, 5.41) is 10.8. The monoisotopic (exact) mass is 484 g/mol. The molecule has 2 unspecified atom stereocenters. The van der Waals surface area contributed by atoms with Gasteiger partial charge in [0.25, 0.3) is 0 Å². The first kappa shape index (κ1) is 28.0. The maximum Gasteiger partial charge on any atom is 0.390 e. The number of alkyl halides is 6. The molecule has 0 amide bonds. The lowest BCUT2D eigenvalue weighted by molar-refractivity contribution is -0.166. The minimum absolute atomic E-state index is 0.0134. The smallest absolute Gasteiger partial charge is 0.390 e. The fourth-order valence-electron chi connectivity index (χ4n) is 5.94. The summed E-state index contributed by atoms with van der Waals surface area (Å²) in [5.41, 5.74) is -3.54. The van der Waals surface area contributed by atoms with Crippen LogP contribution in [0.4, 0.5) is 26.3 Å². The number of hydrogen-bond acceptors (Lipinski definition) is 2. The van der Waals surface area contributed by atoms with Crippen LogP contribution in [0.15, 0.2) is 11.8 Å². The van der Waals surface area contributed by atoms with Gasteiger partial charge >= 0.3 is 12.4 Å². The molecule has 0 saturated heterocycles. The lowest BCUT2D eigenvalue weighted by atomic mass is 9.69. The summed E-state index contributed by atoms with van der Waals surface area (Å²) < 4.78 is 80.3. The van der Waals surface area contributed by atoms with Crippen molar-refractivity contribution < 1.29 is 36.2 Å². The van der Waals surface area contributed by atoms with Crippen LogP contribution in [-0.2, 0) is 4.79 Å². The van der Waals surface area contributed by atoms with Gasteiger partial charge in [-0.15, -0.1) is 0 Å². The molecule has 0 bridgehead atoms. The molecule has 2 atom stereocenters. The molecule has 192 valence electrons. The van der Waals surface area contributed by atoms with E-state index < -0.39 is 47.6 Å². The topological polar surface area (TPSA) is 37.3 Å². The van der Waals surface area contributed by atoms with Gasteiger partial charge in [-0.3, -0.25) is 4.79 Å². The summed E-state index contributed by atoms with van der Waals surface area (Å²) in [6, 6.07) is 0. The van der Waals surface area contributed by atoms with Crippen LogP contribution in [0.1, 0.15) is 104 Å². The van der Waals surface area contributed by atoms with Crippen molar-refractivity contribution in [1.82, 2.24) is 0 Å². The molecular formula is C25H38F6O2. The normalized spacial score (nSPS) is 23.7. The van der Waals surface area contributed by atoms with Crippen LogP contribution in [0, 0.1) is 22.7 Å². The summed E-state index contributed by atoms with van der Waals surface area (Å²) >= 11 is 0. The Morgan fingerprint density at radius 2 is 1.09 bits per heavy atom. The minimum Gasteiger partial charge on any atom is -0.512 e. The first-order valence-corrected chi connectivity index (χ1v) is 12.2. The second-order valence-corrected chi connectivity index (χ2v) is 11.0. The number of ketones is 1. The fourth-order valence-corrected chi connectivity index (χ4v) is 5.94. The predicted molar refractivity (Wildman–Crippen MR) is 116 cm³/mol. The molecular weight excluding hydrogens is 446 g/mol. The third kappa shape index (κ3) is 9.16. The molecule has 0 radical (unpaired) electrons. The molecule has 1 N–H and O–H groups in total. The Hall–Kier alpha value is -1.21. The largest absolute Gasteiger partial charge is 0.512 e. The SMILES string of the molecule is CC(CC1CCCCC1)(CC(F)(F)F)C(=O)/C=C(\O)C(C)(CC1CCCCC1)CC(F)(F)F. The first-order valence-electron chi connectivity index (χ1n) is 12.2. The van der Waals surface area contributed by atoms with E-state index in [4.69, 9.17) is 0 Å². The average Bonchev–Trinajstić information content (AvgIpc) is 2.66. The molecule has 2 fully saturated rings. The summed E-state index contributed by atoms with van der Waals surface area (Å²) in [6.07, 6.45) is -2.46. The van der Waals surface area contributed by atoms with Crippen LogP contribution in [-0.4, -0.2) is 23.2 Å². The molecule has 0 aromatic carbocycles. The molecule has 0 spiro atoms. The van der Waals surface area contributed by atoms with Crippen molar-refractivity contribution in [2.75, 3.05) is 0 Å². The van der Waals surface area contributed by atoms with Crippen LogP contribution in [0.2, 0.25) is 0 Å². The Bertz CT molecular complexity index is 671. The highest BCUT2D eigenvalue weighted by atomic mass is 19.4. The fraction of sp³-hybridized carbons (Fsp3) is 0.880. The Kier molecular flexibility index (Phi) is 9.36. The molecule has 2 aliphatic carbocycles. The van der Waals surface area contributed by atoms with Gasteiger partial charge in [0, 0.05) is 16.9 Å². The number of aliphatic hydroxyl groups excluding tert-OH is 1. The van der Waals surface area contributed by atoms with E-state index in [1.54, 1.807) is 0 Å². The van der Waals surface area contributed by atoms with Crippen molar-refractivity contribution in [1.29, 1.82) is 0 Å². The average molecular weight is 485 g/mol. The van der Waals surface area contributed by atoms with Gasteiger partial charge in [0.1, 0.15) is 5.76 Å². The van der Waals surface area contributed by atoms with Gasteiger partial charge in [0.05, 0.1) is 12.8 Å². The summed E-state index contributed by atoms with van der Waals surface area (Å²) in [5.74, 6) is -1.72. The lowest BCUT2D eigenvalue weighted by Crippen LogP contribution is -2.36. The number of carbonyl (C=O) groups is 1. The van der Waals surface area contributed by atoms with Crippen molar-refractivity contribution in [3.8, 4) is 0 Å². The zero-order valence-corrected chi connectivity index (χ0v) is 19.8. The molecule has 8 heteroatoms. The molecule has 2 aliphatic rings. The molecule has 0 aromatic rings. The van der Waals surface area contributed by atoms with E-state index in [1.165, 1.54) is 13.8 Å². The van der Waals surface area contributed by atoms with Crippen LogP contribution >= 0.6 is 0 Å². The van der Waals surface area contributed by atoms with Crippen LogP contribution in [0.5, 0.6) is 0 Å². The predicted octanol–water partition coefficient (Wildman–Crippen LogP) is 8.86. The Labute approximate surface area is 193 Å². The molecule has 2 rings (SSSR count). The van der Waals surface area contributed by atoms with Crippen molar-refractivity contribution >= 4 is 5.78 Å². The number of halogens is 6. The lowest BCUT2D eigenvalue weighted by Gasteiger charge is -2.36. The van der Waals surface area contributed by atoms with E-state index in [9.17, 15) is 36.2 Å². The quantitative estimate of drug-likeness (QED) is 0.202. The maximum atomic E-state index is 13.4. The Morgan fingerprint density at radius 3 is 1.48 bits per heavy atom. The molecule has 2 nitrogen and oxygen atoms in total. The van der Waals surface area contributed by atoms with Gasteiger partial charge in [-0.2, -0.15) is 26.3 Å². The summed E-state index contributed by atoms with van der Waals surface area (Å²) in [7, 11) is 0. The van der Waals surface area contributed by atoms with E-state index >= 15 is 0 Å². The standard InChI is InChI=1S/C25H38F6O2/c1-22(16-24(26,27)28,14-18-9-5-3-6-10-18)20(32)13-21(33)23(2,17-25(29,30)31)15-19-11-7-4-8-12-19/h13,18-19,32H,3-12,14-17H2,1-2H3/b20-13-. The molecule has 2 saturated carbocycles. The molecule has 0 aromatic heterocycles. The van der Waals surface area contributed by atoms with Gasteiger partial charge < -0.3 is 5.11 Å². The number of hydrogen-bond donors (Lipinski definition) is 1. The van der Waals surface area contributed by atoms with E-state index in [1.807, 2.05) is 0 Å². The van der Waals surface area contributed by atoms with Gasteiger partial charge in [0.2, 0.25) is 0 Å². The summed E-state index contributed by atoms with van der Waals surface area (Å²) in [6.45, 7) is 2.51. The summed E-state index contributed by atoms with van der Waals surface area (Å²) in [4.78, 5) is 13.1. The van der Waals surface area contributed by atoms with Crippen molar-refractivity contribution in [3.05, 3.63) is 11.8 Å². The van der Waals surface area contributed by atoms with Crippen molar-refractivity contribution in [3.63, 3.8) is 0 Å². The minimum atomic E-state index is -4.60. The molecule has 33 heavy (non-hydrogen) atoms. The second kappa shape index (κ2) is 11.0. The van der Waals surface area contributed by atoms with Crippen LogP contribution in [0.25, 0.3) is 0 Å². The molecule has 0 heterocycles. The highest BCUT2D eigenvalue weighted by molar-refractivity contribution is 5.95. The third-order valence-electron chi connectivity index (χ3n) is 7.59. The zero-order valence-electron chi connectivity index (χ0n) is 19.8. The number of aliphatic hydroxyl groups is 1. The Morgan fingerprint density at radius 1 is 0.727 bits per heavy atom. The van der Waals surface area contributed by atoms with Gasteiger partial charge in [0.15, 0.2) is 5.78 Å². The van der Waals surface area contributed by atoms with Crippen molar-refractivity contribution in [2.24, 2.45) is 22.7 Å². The van der Waals surface area contributed by atoms with Crippen LogP contribution < -0.4 is 0 Å². The van der Waals surface area contributed by atoms with Crippen LogP contribution in [0.3, 0.4) is 0 Å². The molecule has 0 aliphatic heterocycles. The van der Waals surface area contributed by atoms with E-state index in [2.05, 4.69) is 0 Å². The number of allylic oxidation sites excluding steroid dienone is 2. The van der Waals surface area contributed by atoms with Crippen molar-refractivity contribution in [2.45, 2.75) is 116 Å². The van der Waals surface area contributed by atoms with E-state index in [0.29, 0.717) is 6.08 Å². The first-order chi connectivity index (χ1) is 15.1.